The van der Waals surface area contributed by atoms with Gasteiger partial charge in [0, 0.05) is 0 Å². The number of pyridine rings is 1. The number of urea groups is 1. The van der Waals surface area contributed by atoms with Crippen LogP contribution in [-0.2, 0) is 11.3 Å². The first kappa shape index (κ1) is 22.2. The van der Waals surface area contributed by atoms with Crippen LogP contribution in [0.1, 0.15) is 29.5 Å². The number of imide groups is 1. The van der Waals surface area contributed by atoms with Crippen molar-refractivity contribution in [2.45, 2.75) is 37.1 Å². The summed E-state index contributed by atoms with van der Waals surface area (Å²) in [5.74, 6) is -1.86. The third-order valence-electron chi connectivity index (χ3n) is 5.83. The van der Waals surface area contributed by atoms with Crippen molar-refractivity contribution < 1.29 is 27.2 Å². The van der Waals surface area contributed by atoms with Gasteiger partial charge in [0.15, 0.2) is 16.9 Å². The second-order valence-electron chi connectivity index (χ2n) is 7.98. The summed E-state index contributed by atoms with van der Waals surface area (Å²) in [5.41, 5.74) is -2.30. The Bertz CT molecular complexity index is 1340. The van der Waals surface area contributed by atoms with E-state index < -0.39 is 41.1 Å². The minimum Gasteiger partial charge on any atom is -0.317 e. The molecule has 2 aromatic heterocycles. The zero-order valence-corrected chi connectivity index (χ0v) is 18.0. The van der Waals surface area contributed by atoms with Crippen LogP contribution in [0.5, 0.6) is 0 Å². The van der Waals surface area contributed by atoms with Gasteiger partial charge in [-0.2, -0.15) is 13.2 Å². The molecule has 0 bridgehead atoms. The topological polar surface area (TPSA) is 99.3 Å². The first-order chi connectivity index (χ1) is 16.1. The molecule has 13 heteroatoms. The zero-order chi connectivity index (χ0) is 24.3. The lowest BCUT2D eigenvalue weighted by Crippen LogP contribution is -2.43. The standard InChI is InChI=1S/C21H15F4N5O3S/c22-12-6-7-13(26-16(12)31)17-28-27-14(34-17)10-29-19(33)30(18(32)20(29)8-9-20)15(21(23,24)25)11-4-2-1-3-5-11/h1-7,15H,8-10H2,(H,26,31)/t15-/m0/s1. The van der Waals surface area contributed by atoms with Crippen molar-refractivity contribution in [3.8, 4) is 10.7 Å². The second-order valence-corrected chi connectivity index (χ2v) is 9.04. The maximum atomic E-state index is 14.0. The summed E-state index contributed by atoms with van der Waals surface area (Å²) in [7, 11) is 0. The highest BCUT2D eigenvalue weighted by Crippen LogP contribution is 2.52. The molecule has 1 saturated carbocycles. The van der Waals surface area contributed by atoms with E-state index in [1.807, 2.05) is 0 Å². The first-order valence-electron chi connectivity index (χ1n) is 10.1. The number of halogens is 4. The molecule has 34 heavy (non-hydrogen) atoms. The fourth-order valence-corrected chi connectivity index (χ4v) is 4.86. The van der Waals surface area contributed by atoms with E-state index in [9.17, 15) is 31.9 Å². The molecule has 1 N–H and O–H groups in total. The fourth-order valence-electron chi connectivity index (χ4n) is 4.05. The van der Waals surface area contributed by atoms with Gasteiger partial charge in [0.05, 0.1) is 12.2 Å². The van der Waals surface area contributed by atoms with Crippen molar-refractivity contribution in [3.05, 3.63) is 69.2 Å². The zero-order valence-electron chi connectivity index (χ0n) is 17.2. The van der Waals surface area contributed by atoms with Gasteiger partial charge >= 0.3 is 12.2 Å². The number of aromatic amines is 1. The third kappa shape index (κ3) is 3.56. The maximum Gasteiger partial charge on any atom is 0.413 e. The Morgan fingerprint density at radius 2 is 1.76 bits per heavy atom. The number of carbonyl (C=O) groups is 2. The van der Waals surface area contributed by atoms with Crippen LogP contribution < -0.4 is 5.56 Å². The van der Waals surface area contributed by atoms with E-state index in [1.165, 1.54) is 30.3 Å². The van der Waals surface area contributed by atoms with Gasteiger partial charge in [-0.25, -0.2) is 14.1 Å². The molecular formula is C21H15F4N5O3S. The van der Waals surface area contributed by atoms with Crippen LogP contribution in [-0.4, -0.2) is 48.6 Å². The van der Waals surface area contributed by atoms with E-state index >= 15 is 0 Å². The average molecular weight is 493 g/mol. The van der Waals surface area contributed by atoms with Crippen LogP contribution >= 0.6 is 11.3 Å². The van der Waals surface area contributed by atoms with E-state index in [2.05, 4.69) is 15.2 Å². The molecule has 3 aromatic rings. The molecule has 8 nitrogen and oxygen atoms in total. The molecule has 0 radical (unpaired) electrons. The SMILES string of the molecule is O=C1N([C@@H](c2ccccc2)C(F)(F)F)C(=O)C2(CC2)N1Cc1nnc(-c2ccc(F)c(=O)[nH]2)s1. The number of H-pyrrole nitrogens is 1. The number of benzene rings is 1. The largest absolute Gasteiger partial charge is 0.413 e. The van der Waals surface area contributed by atoms with Crippen LogP contribution in [0, 0.1) is 5.82 Å². The van der Waals surface area contributed by atoms with Crippen LogP contribution in [0.3, 0.4) is 0 Å². The molecule has 1 aliphatic carbocycles. The lowest BCUT2D eigenvalue weighted by Gasteiger charge is -2.28. The first-order valence-corrected chi connectivity index (χ1v) is 10.9. The van der Waals surface area contributed by atoms with E-state index in [-0.39, 0.29) is 40.7 Å². The van der Waals surface area contributed by atoms with Gasteiger partial charge in [0.25, 0.3) is 11.5 Å². The number of nitrogens with zero attached hydrogens (tertiary/aromatic N) is 4. The van der Waals surface area contributed by atoms with Gasteiger partial charge in [0.2, 0.25) is 0 Å². The van der Waals surface area contributed by atoms with Crippen molar-refractivity contribution in [1.82, 2.24) is 25.0 Å². The smallest absolute Gasteiger partial charge is 0.317 e. The summed E-state index contributed by atoms with van der Waals surface area (Å²) >= 11 is 0.970. The molecular weight excluding hydrogens is 478 g/mol. The van der Waals surface area contributed by atoms with Crippen molar-refractivity contribution in [3.63, 3.8) is 0 Å². The third-order valence-corrected chi connectivity index (χ3v) is 6.77. The Kier molecular flexibility index (Phi) is 5.04. The number of alkyl halides is 3. The fraction of sp³-hybridized carbons (Fsp3) is 0.286. The van der Waals surface area contributed by atoms with E-state index in [4.69, 9.17) is 0 Å². The lowest BCUT2D eigenvalue weighted by molar-refractivity contribution is -0.182. The minimum absolute atomic E-state index is 0.197. The van der Waals surface area contributed by atoms with Crippen molar-refractivity contribution >= 4 is 23.3 Å². The van der Waals surface area contributed by atoms with E-state index in [0.29, 0.717) is 4.90 Å². The molecule has 0 unspecified atom stereocenters. The normalized spacial score (nSPS) is 18.1. The molecule has 1 atom stereocenters. The monoisotopic (exact) mass is 493 g/mol. The van der Waals surface area contributed by atoms with Gasteiger partial charge in [0.1, 0.15) is 10.5 Å². The number of nitrogens with one attached hydrogen (secondary N) is 1. The van der Waals surface area contributed by atoms with Crippen molar-refractivity contribution in [2.75, 3.05) is 0 Å². The van der Waals surface area contributed by atoms with Crippen LogP contribution in [0.15, 0.2) is 47.3 Å². The Hall–Kier alpha value is -3.61. The quantitative estimate of drug-likeness (QED) is 0.432. The second kappa shape index (κ2) is 7.72. The molecule has 1 aliphatic heterocycles. The summed E-state index contributed by atoms with van der Waals surface area (Å²) in [5, 5.41) is 8.33. The maximum absolute atomic E-state index is 14.0. The van der Waals surface area contributed by atoms with E-state index in [0.717, 1.165) is 22.3 Å². The summed E-state index contributed by atoms with van der Waals surface area (Å²) < 4.78 is 55.4. The number of hydrogen-bond donors (Lipinski definition) is 1. The molecule has 3 amide bonds. The molecule has 1 saturated heterocycles. The molecule has 1 aromatic carbocycles. The Balaban J connectivity index is 1.45. The average Bonchev–Trinajstić information content (AvgIpc) is 3.42. The van der Waals surface area contributed by atoms with Crippen molar-refractivity contribution in [1.29, 1.82) is 0 Å². The molecule has 176 valence electrons. The Morgan fingerprint density at radius 3 is 2.38 bits per heavy atom. The highest BCUT2D eigenvalue weighted by Gasteiger charge is 2.68. The summed E-state index contributed by atoms with van der Waals surface area (Å²) in [6.07, 6.45) is -4.39. The van der Waals surface area contributed by atoms with Gasteiger partial charge in [-0.15, -0.1) is 10.2 Å². The predicted molar refractivity (Wildman–Crippen MR) is 111 cm³/mol. The number of amides is 3. The van der Waals surface area contributed by atoms with Crippen LogP contribution in [0.4, 0.5) is 22.4 Å². The minimum atomic E-state index is -4.87. The highest BCUT2D eigenvalue weighted by molar-refractivity contribution is 7.14. The lowest BCUT2D eigenvalue weighted by atomic mass is 10.0. The number of hydrogen-bond acceptors (Lipinski definition) is 6. The van der Waals surface area contributed by atoms with Gasteiger partial charge < -0.3 is 9.88 Å². The molecule has 2 aliphatic rings. The molecule has 5 rings (SSSR count). The Morgan fingerprint density at radius 1 is 1.06 bits per heavy atom. The van der Waals surface area contributed by atoms with Gasteiger partial charge in [-0.3, -0.25) is 9.59 Å². The molecule has 1 spiro atoms. The molecule has 3 heterocycles. The number of rotatable bonds is 5. The van der Waals surface area contributed by atoms with E-state index in [1.54, 1.807) is 6.07 Å². The van der Waals surface area contributed by atoms with Gasteiger partial charge in [-0.05, 0) is 30.5 Å². The summed E-state index contributed by atoms with van der Waals surface area (Å²) in [6, 6.07) is 5.60. The van der Waals surface area contributed by atoms with Crippen LogP contribution in [0.25, 0.3) is 10.7 Å². The Labute approximate surface area is 192 Å². The number of carbonyl (C=O) groups excluding carboxylic acids is 2. The molecule has 2 fully saturated rings. The van der Waals surface area contributed by atoms with Gasteiger partial charge in [-0.1, -0.05) is 41.7 Å². The summed E-state index contributed by atoms with van der Waals surface area (Å²) in [6.45, 7) is -0.233. The van der Waals surface area contributed by atoms with Crippen molar-refractivity contribution in [2.24, 2.45) is 0 Å². The predicted octanol–water partition coefficient (Wildman–Crippen LogP) is 3.63. The highest BCUT2D eigenvalue weighted by atomic mass is 32.1. The van der Waals surface area contributed by atoms with Crippen LogP contribution in [0.2, 0.25) is 0 Å². The number of aromatic nitrogens is 3. The summed E-state index contributed by atoms with van der Waals surface area (Å²) in [4.78, 5) is 41.5.